The van der Waals surface area contributed by atoms with Gasteiger partial charge < -0.3 is 5.11 Å². The van der Waals surface area contributed by atoms with Crippen LogP contribution < -0.4 is 5.43 Å². The molecular weight excluding hydrogens is 277 g/mol. The number of nitrogens with zero attached hydrogens (tertiary/aromatic N) is 1. The molecule has 2 N–H and O–H groups in total. The molecule has 0 aromatic heterocycles. The predicted molar refractivity (Wildman–Crippen MR) is 61.2 cm³/mol. The lowest BCUT2D eigenvalue weighted by Gasteiger charge is -2.31. The van der Waals surface area contributed by atoms with Gasteiger partial charge in [-0.25, -0.2) is 23.4 Å². The van der Waals surface area contributed by atoms with E-state index in [1.165, 1.54) is 0 Å². The number of hydrogen-bond donors (Lipinski definition) is 2. The molecule has 0 spiro atoms. The van der Waals surface area contributed by atoms with Gasteiger partial charge in [-0.2, -0.15) is 0 Å². The lowest BCUT2D eigenvalue weighted by molar-refractivity contribution is -0.138. The van der Waals surface area contributed by atoms with Crippen molar-refractivity contribution in [2.75, 3.05) is 6.54 Å². The Bertz CT molecular complexity index is 542. The van der Waals surface area contributed by atoms with Crippen molar-refractivity contribution in [3.05, 3.63) is 35.1 Å². The number of nitrogens with one attached hydrogen (secondary N) is 1. The zero-order valence-electron chi connectivity index (χ0n) is 10.2. The highest BCUT2D eigenvalue weighted by Crippen LogP contribution is 2.29. The van der Waals surface area contributed by atoms with E-state index in [0.29, 0.717) is 12.8 Å². The molecule has 2 amide bonds. The Morgan fingerprint density at radius 3 is 2.45 bits per heavy atom. The number of carbonyl (C=O) groups excluding carboxylic acids is 1. The van der Waals surface area contributed by atoms with E-state index in [2.05, 4.69) is 0 Å². The fraction of sp³-hybridized carbons (Fsp3) is 0.333. The zero-order chi connectivity index (χ0) is 14.9. The van der Waals surface area contributed by atoms with E-state index >= 15 is 0 Å². The summed E-state index contributed by atoms with van der Waals surface area (Å²) in [6.45, 7) is 0.174. The number of hydrazine groups is 1. The van der Waals surface area contributed by atoms with Gasteiger partial charge in [0.05, 0.1) is 5.92 Å². The van der Waals surface area contributed by atoms with Crippen LogP contribution in [0, 0.1) is 17.5 Å². The Hall–Kier alpha value is -2.25. The first-order chi connectivity index (χ1) is 9.40. The highest BCUT2D eigenvalue weighted by Gasteiger charge is 2.32. The number of piperidine rings is 1. The third kappa shape index (κ3) is 2.68. The molecular formula is C12H11F3N2O3. The molecule has 20 heavy (non-hydrogen) atoms. The van der Waals surface area contributed by atoms with Crippen LogP contribution in [0.5, 0.6) is 0 Å². The van der Waals surface area contributed by atoms with Crippen molar-refractivity contribution in [3.8, 4) is 0 Å². The quantitative estimate of drug-likeness (QED) is 0.818. The van der Waals surface area contributed by atoms with E-state index in [1.54, 1.807) is 0 Å². The fourth-order valence-corrected chi connectivity index (χ4v) is 2.19. The van der Waals surface area contributed by atoms with Gasteiger partial charge in [-0.1, -0.05) is 0 Å². The van der Waals surface area contributed by atoms with Gasteiger partial charge in [0.2, 0.25) is 5.91 Å². The summed E-state index contributed by atoms with van der Waals surface area (Å²) in [5, 5.41) is 9.46. The Morgan fingerprint density at radius 1 is 1.30 bits per heavy atom. The summed E-state index contributed by atoms with van der Waals surface area (Å²) in [7, 11) is 0. The summed E-state index contributed by atoms with van der Waals surface area (Å²) in [5.74, 6) is -5.88. The highest BCUT2D eigenvalue weighted by atomic mass is 19.2. The normalized spacial score (nSPS) is 19.1. The van der Waals surface area contributed by atoms with Crippen molar-refractivity contribution in [3.63, 3.8) is 0 Å². The van der Waals surface area contributed by atoms with Gasteiger partial charge in [-0.05, 0) is 30.5 Å². The van der Waals surface area contributed by atoms with Crippen molar-refractivity contribution in [2.24, 2.45) is 0 Å². The summed E-state index contributed by atoms with van der Waals surface area (Å²) >= 11 is 0. The number of carbonyl (C=O) groups is 2. The van der Waals surface area contributed by atoms with Crippen LogP contribution in [0.4, 0.5) is 18.0 Å². The average molecular weight is 288 g/mol. The van der Waals surface area contributed by atoms with Crippen molar-refractivity contribution < 1.29 is 27.9 Å². The molecule has 1 atom stereocenters. The van der Waals surface area contributed by atoms with E-state index in [9.17, 15) is 22.8 Å². The second kappa shape index (κ2) is 5.40. The topological polar surface area (TPSA) is 69.6 Å². The summed E-state index contributed by atoms with van der Waals surface area (Å²) in [5.41, 5.74) is 1.90. The number of halogens is 3. The van der Waals surface area contributed by atoms with Gasteiger partial charge >= 0.3 is 6.09 Å². The Labute approximate surface area is 112 Å². The van der Waals surface area contributed by atoms with Crippen LogP contribution in [0.3, 0.4) is 0 Å². The Balaban J connectivity index is 2.28. The summed E-state index contributed by atoms with van der Waals surface area (Å²) < 4.78 is 39.2. The fourth-order valence-electron chi connectivity index (χ4n) is 2.19. The lowest BCUT2D eigenvalue weighted by Crippen LogP contribution is -2.50. The van der Waals surface area contributed by atoms with Gasteiger partial charge in [-0.15, -0.1) is 0 Å². The molecule has 0 bridgehead atoms. The molecule has 5 nitrogen and oxygen atoms in total. The molecule has 1 saturated heterocycles. The Morgan fingerprint density at radius 2 is 1.90 bits per heavy atom. The first-order valence-electron chi connectivity index (χ1n) is 5.85. The number of rotatable bonds is 2. The molecule has 0 saturated carbocycles. The number of hydrogen-bond acceptors (Lipinski definition) is 2. The molecule has 1 aliphatic rings. The Kier molecular flexibility index (Phi) is 3.82. The molecule has 1 unspecified atom stereocenters. The number of benzene rings is 1. The number of carboxylic acid groups (broad SMARTS) is 1. The molecule has 1 aliphatic heterocycles. The van der Waals surface area contributed by atoms with E-state index < -0.39 is 35.4 Å². The maximum absolute atomic E-state index is 13.2. The summed E-state index contributed by atoms with van der Waals surface area (Å²) in [6.07, 6.45) is -0.645. The van der Waals surface area contributed by atoms with Gasteiger partial charge in [0.1, 0.15) is 0 Å². The SMILES string of the molecule is O=C(O)NN1CCCC(c2cc(F)c(F)c(F)c2)C1=O. The van der Waals surface area contributed by atoms with Crippen molar-refractivity contribution in [2.45, 2.75) is 18.8 Å². The van der Waals surface area contributed by atoms with Crippen LogP contribution in [-0.2, 0) is 4.79 Å². The van der Waals surface area contributed by atoms with Crippen LogP contribution in [0.1, 0.15) is 24.3 Å². The second-order valence-corrected chi connectivity index (χ2v) is 4.40. The second-order valence-electron chi connectivity index (χ2n) is 4.40. The third-order valence-electron chi connectivity index (χ3n) is 3.08. The standard InChI is InChI=1S/C12H11F3N2O3/c13-8-4-6(5-9(14)10(8)15)7-2-1-3-17(11(7)18)16-12(19)20/h4-5,7,16H,1-3H2,(H,19,20). The van der Waals surface area contributed by atoms with Crippen molar-refractivity contribution >= 4 is 12.0 Å². The van der Waals surface area contributed by atoms with E-state index in [4.69, 9.17) is 5.11 Å². The van der Waals surface area contributed by atoms with Crippen LogP contribution in [0.25, 0.3) is 0 Å². The molecule has 2 rings (SSSR count). The maximum atomic E-state index is 13.2. The van der Waals surface area contributed by atoms with Gasteiger partial charge in [0, 0.05) is 6.54 Å². The summed E-state index contributed by atoms with van der Waals surface area (Å²) in [6, 6.07) is 1.51. The molecule has 0 aliphatic carbocycles. The highest BCUT2D eigenvalue weighted by molar-refractivity contribution is 5.85. The van der Waals surface area contributed by atoms with E-state index in [1.807, 2.05) is 5.43 Å². The molecule has 0 radical (unpaired) electrons. The van der Waals surface area contributed by atoms with E-state index in [0.717, 1.165) is 17.1 Å². The van der Waals surface area contributed by atoms with Crippen molar-refractivity contribution in [1.82, 2.24) is 10.4 Å². The minimum atomic E-state index is -1.60. The number of amides is 2. The third-order valence-corrected chi connectivity index (χ3v) is 3.08. The van der Waals surface area contributed by atoms with Crippen molar-refractivity contribution in [1.29, 1.82) is 0 Å². The van der Waals surface area contributed by atoms with Gasteiger partial charge in [0.25, 0.3) is 0 Å². The lowest BCUT2D eigenvalue weighted by atomic mass is 9.90. The first kappa shape index (κ1) is 14.2. The summed E-state index contributed by atoms with van der Waals surface area (Å²) in [4.78, 5) is 22.6. The zero-order valence-corrected chi connectivity index (χ0v) is 10.2. The van der Waals surface area contributed by atoms with Crippen LogP contribution in [-0.4, -0.2) is 28.7 Å². The van der Waals surface area contributed by atoms with E-state index in [-0.39, 0.29) is 12.1 Å². The van der Waals surface area contributed by atoms with Crippen LogP contribution in [0.15, 0.2) is 12.1 Å². The molecule has 1 fully saturated rings. The van der Waals surface area contributed by atoms with Crippen LogP contribution in [0.2, 0.25) is 0 Å². The maximum Gasteiger partial charge on any atom is 0.423 e. The van der Waals surface area contributed by atoms with Crippen LogP contribution >= 0.6 is 0 Å². The average Bonchev–Trinajstić information content (AvgIpc) is 2.37. The monoisotopic (exact) mass is 288 g/mol. The minimum Gasteiger partial charge on any atom is -0.464 e. The molecule has 1 heterocycles. The molecule has 8 heteroatoms. The predicted octanol–water partition coefficient (Wildman–Crippen LogP) is 1.99. The minimum absolute atomic E-state index is 0.0108. The molecule has 1 aromatic rings. The first-order valence-corrected chi connectivity index (χ1v) is 5.85. The molecule has 108 valence electrons. The van der Waals surface area contributed by atoms with Gasteiger partial charge in [0.15, 0.2) is 17.5 Å². The smallest absolute Gasteiger partial charge is 0.423 e. The largest absolute Gasteiger partial charge is 0.464 e. The molecule has 1 aromatic carbocycles. The van der Waals surface area contributed by atoms with Gasteiger partial charge in [-0.3, -0.25) is 9.80 Å².